The van der Waals surface area contributed by atoms with E-state index in [0.29, 0.717) is 13.0 Å². The Bertz CT molecular complexity index is 746. The molecule has 0 saturated carbocycles. The molecule has 196 valence electrons. The van der Waals surface area contributed by atoms with Gasteiger partial charge in [0.15, 0.2) is 11.9 Å². The largest absolute Gasteiger partial charge is 0.462 e. The Labute approximate surface area is 202 Å². The number of esters is 2. The van der Waals surface area contributed by atoms with Crippen molar-refractivity contribution in [2.75, 3.05) is 26.4 Å². The molecule has 2 saturated heterocycles. The summed E-state index contributed by atoms with van der Waals surface area (Å²) in [4.78, 5) is 40.1. The molecule has 0 N–H and O–H groups in total. The molecule has 6 atom stereocenters. The summed E-state index contributed by atoms with van der Waals surface area (Å²) in [5, 5.41) is 1.85. The first kappa shape index (κ1) is 28.5. The normalized spacial score (nSPS) is 34.6. The third-order valence-corrected chi connectivity index (χ3v) is 7.16. The van der Waals surface area contributed by atoms with Crippen LogP contribution in [0.3, 0.4) is 0 Å². The first-order valence-electron chi connectivity index (χ1n) is 12.0. The number of hydroxylamine groups is 2. The molecule has 10 heteroatoms. The van der Waals surface area contributed by atoms with Crippen LogP contribution in [0, 0.1) is 5.92 Å². The Kier molecular flexibility index (Phi) is 9.49. The fourth-order valence-corrected chi connectivity index (χ4v) is 4.96. The van der Waals surface area contributed by atoms with E-state index < -0.39 is 34.9 Å². The van der Waals surface area contributed by atoms with E-state index in [0.717, 1.165) is 12.8 Å². The third kappa shape index (κ3) is 6.27. The number of piperidine rings is 1. The molecule has 0 amide bonds. The second-order valence-electron chi connectivity index (χ2n) is 9.77. The molecule has 1 spiro atoms. The highest BCUT2D eigenvalue weighted by Gasteiger charge is 2.64. The molecule has 0 aromatic rings. The molecule has 2 heterocycles. The van der Waals surface area contributed by atoms with Crippen molar-refractivity contribution in [3.05, 3.63) is 0 Å². The molecule has 2 aliphatic heterocycles. The second kappa shape index (κ2) is 11.3. The van der Waals surface area contributed by atoms with Crippen LogP contribution in [0.5, 0.6) is 0 Å². The van der Waals surface area contributed by atoms with Gasteiger partial charge in [-0.05, 0) is 26.7 Å². The molecule has 0 radical (unpaired) electrons. The molecule has 2 aliphatic rings. The fraction of sp³-hybridized carbons (Fsp3) is 0.875. The highest BCUT2D eigenvalue weighted by Crippen LogP contribution is 2.54. The Balaban J connectivity index is 2.09. The van der Waals surface area contributed by atoms with Gasteiger partial charge in [-0.2, -0.15) is 0 Å². The van der Waals surface area contributed by atoms with Gasteiger partial charge in [-0.25, -0.2) is 0 Å². The lowest BCUT2D eigenvalue weighted by molar-refractivity contribution is -0.354. The maximum absolute atomic E-state index is 11.9. The van der Waals surface area contributed by atoms with Gasteiger partial charge in [-0.1, -0.05) is 20.8 Å². The number of ether oxygens (including phenoxy) is 5. The highest BCUT2D eigenvalue weighted by atomic mass is 16.8. The van der Waals surface area contributed by atoms with E-state index in [1.807, 2.05) is 5.06 Å². The first-order valence-corrected chi connectivity index (χ1v) is 12.0. The number of hydrogen-bond donors (Lipinski definition) is 0. The molecule has 6 unspecified atom stereocenters. The van der Waals surface area contributed by atoms with Gasteiger partial charge in [0.25, 0.3) is 0 Å². The first-order chi connectivity index (χ1) is 15.8. The Morgan fingerprint density at radius 2 is 1.71 bits per heavy atom. The summed E-state index contributed by atoms with van der Waals surface area (Å²) in [6.45, 7) is 14.9. The van der Waals surface area contributed by atoms with Crippen molar-refractivity contribution in [1.82, 2.24) is 5.06 Å². The number of nitrogens with zero attached hydrogens (tertiary/aromatic N) is 1. The quantitative estimate of drug-likeness (QED) is 0.427. The average Bonchev–Trinajstić information content (AvgIpc) is 3.16. The fourth-order valence-electron chi connectivity index (χ4n) is 4.96. The van der Waals surface area contributed by atoms with E-state index in [9.17, 15) is 14.4 Å². The molecule has 0 bridgehead atoms. The van der Waals surface area contributed by atoms with Crippen LogP contribution in [0.1, 0.15) is 74.7 Å². The average molecular weight is 488 g/mol. The minimum absolute atomic E-state index is 0.0643. The SMILES string of the molecule is CCC1(C)CC2(OCC(COCC(COC(C)=O)OC(C)=O)O2)C(C)C(C)(CC)N1OC(C)=O. The molecular formula is C24H41NO9. The number of carbonyl (C=O) groups is 3. The summed E-state index contributed by atoms with van der Waals surface area (Å²) in [5.74, 6) is -2.25. The van der Waals surface area contributed by atoms with E-state index in [1.54, 1.807) is 0 Å². The van der Waals surface area contributed by atoms with Crippen molar-refractivity contribution in [1.29, 1.82) is 0 Å². The van der Waals surface area contributed by atoms with Crippen LogP contribution in [0.25, 0.3) is 0 Å². The predicted molar refractivity (Wildman–Crippen MR) is 121 cm³/mol. The van der Waals surface area contributed by atoms with Crippen LogP contribution in [-0.4, -0.2) is 78.5 Å². The van der Waals surface area contributed by atoms with Crippen LogP contribution < -0.4 is 0 Å². The summed E-state index contributed by atoms with van der Waals surface area (Å²) in [6.07, 6.45) is 0.970. The van der Waals surface area contributed by atoms with E-state index in [1.165, 1.54) is 20.8 Å². The van der Waals surface area contributed by atoms with Crippen molar-refractivity contribution in [2.24, 2.45) is 5.92 Å². The minimum atomic E-state index is -0.854. The van der Waals surface area contributed by atoms with Gasteiger partial charge in [-0.15, -0.1) is 5.06 Å². The molecule has 34 heavy (non-hydrogen) atoms. The molecule has 0 aromatic heterocycles. The van der Waals surface area contributed by atoms with Crippen molar-refractivity contribution in [3.63, 3.8) is 0 Å². The smallest absolute Gasteiger partial charge is 0.322 e. The van der Waals surface area contributed by atoms with Gasteiger partial charge in [-0.3, -0.25) is 14.4 Å². The Hall–Kier alpha value is -1.75. The lowest BCUT2D eigenvalue weighted by Gasteiger charge is -2.60. The third-order valence-electron chi connectivity index (χ3n) is 7.16. The zero-order valence-electron chi connectivity index (χ0n) is 21.8. The molecule has 10 nitrogen and oxygen atoms in total. The topological polar surface area (TPSA) is 110 Å². The Morgan fingerprint density at radius 1 is 1.03 bits per heavy atom. The maximum atomic E-state index is 11.9. The Morgan fingerprint density at radius 3 is 2.24 bits per heavy atom. The van der Waals surface area contributed by atoms with Gasteiger partial charge in [0.05, 0.1) is 30.9 Å². The van der Waals surface area contributed by atoms with Crippen molar-refractivity contribution in [2.45, 2.75) is 104 Å². The molecular weight excluding hydrogens is 446 g/mol. The van der Waals surface area contributed by atoms with Gasteiger partial charge in [0.2, 0.25) is 0 Å². The van der Waals surface area contributed by atoms with Crippen LogP contribution >= 0.6 is 0 Å². The highest BCUT2D eigenvalue weighted by molar-refractivity contribution is 5.67. The standard InChI is InChI=1S/C24H41NO9/c1-9-22(7)15-24(16(3)23(8,10-2)25(22)34-19(6)28)31-14-21(33-24)12-29-11-20(32-18(5)27)13-30-17(4)26/h16,20-21H,9-15H2,1-8H3. The lowest BCUT2D eigenvalue weighted by atomic mass is 9.67. The van der Waals surface area contributed by atoms with Crippen molar-refractivity contribution >= 4 is 17.9 Å². The zero-order chi connectivity index (χ0) is 25.7. The van der Waals surface area contributed by atoms with Crippen LogP contribution in [0.2, 0.25) is 0 Å². The monoisotopic (exact) mass is 487 g/mol. The molecule has 0 aromatic carbocycles. The van der Waals surface area contributed by atoms with Gasteiger partial charge >= 0.3 is 17.9 Å². The summed E-state index contributed by atoms with van der Waals surface area (Å²) in [5.41, 5.74) is -0.988. The molecule has 2 rings (SSSR count). The van der Waals surface area contributed by atoms with E-state index in [4.69, 9.17) is 28.5 Å². The zero-order valence-corrected chi connectivity index (χ0v) is 21.8. The van der Waals surface area contributed by atoms with Crippen LogP contribution in [0.15, 0.2) is 0 Å². The number of hydrogen-bond acceptors (Lipinski definition) is 10. The lowest BCUT2D eigenvalue weighted by Crippen LogP contribution is -2.72. The predicted octanol–water partition coefficient (Wildman–Crippen LogP) is 2.77. The maximum Gasteiger partial charge on any atom is 0.322 e. The van der Waals surface area contributed by atoms with Gasteiger partial charge < -0.3 is 28.5 Å². The summed E-state index contributed by atoms with van der Waals surface area (Å²) < 4.78 is 28.7. The summed E-state index contributed by atoms with van der Waals surface area (Å²) in [6, 6.07) is 0. The van der Waals surface area contributed by atoms with E-state index in [-0.39, 0.29) is 37.8 Å². The number of rotatable bonds is 10. The minimum Gasteiger partial charge on any atom is -0.462 e. The van der Waals surface area contributed by atoms with Crippen LogP contribution in [-0.2, 0) is 42.9 Å². The number of carbonyl (C=O) groups excluding carboxylic acids is 3. The van der Waals surface area contributed by atoms with Gasteiger partial charge in [0.1, 0.15) is 12.7 Å². The summed E-state index contributed by atoms with van der Waals surface area (Å²) >= 11 is 0. The second-order valence-corrected chi connectivity index (χ2v) is 9.77. The van der Waals surface area contributed by atoms with Crippen LogP contribution in [0.4, 0.5) is 0 Å². The molecule has 0 aliphatic carbocycles. The van der Waals surface area contributed by atoms with Crippen molar-refractivity contribution < 1.29 is 42.9 Å². The summed E-state index contributed by atoms with van der Waals surface area (Å²) in [7, 11) is 0. The van der Waals surface area contributed by atoms with Gasteiger partial charge in [0, 0.05) is 33.1 Å². The van der Waals surface area contributed by atoms with Crippen molar-refractivity contribution in [3.8, 4) is 0 Å². The van der Waals surface area contributed by atoms with E-state index in [2.05, 4.69) is 34.6 Å². The molecule has 2 fully saturated rings. The van der Waals surface area contributed by atoms with E-state index >= 15 is 0 Å².